The molecule has 4 aromatic rings. The Bertz CT molecular complexity index is 1360. The quantitative estimate of drug-likeness (QED) is 0.476. The number of carbonyl (C=O) groups is 2. The van der Waals surface area contributed by atoms with Crippen LogP contribution in [-0.4, -0.2) is 40.8 Å². The zero-order valence-electron chi connectivity index (χ0n) is 17.1. The molecule has 8 nitrogen and oxygen atoms in total. The molecular weight excluding hydrogens is 396 g/mol. The predicted octanol–water partition coefficient (Wildman–Crippen LogP) is 3.45. The second-order valence-corrected chi connectivity index (χ2v) is 7.07. The molecule has 0 N–H and O–H groups in total. The molecular formula is C23H18N4O4. The Labute approximate surface area is 177 Å². The van der Waals surface area contributed by atoms with Crippen LogP contribution in [0.2, 0.25) is 0 Å². The van der Waals surface area contributed by atoms with E-state index in [-0.39, 0.29) is 5.56 Å². The van der Waals surface area contributed by atoms with Gasteiger partial charge in [0, 0.05) is 24.9 Å². The molecule has 1 aliphatic heterocycles. The van der Waals surface area contributed by atoms with Gasteiger partial charge in [-0.25, -0.2) is 14.6 Å². The lowest BCUT2D eigenvalue weighted by Crippen LogP contribution is -2.29. The van der Waals surface area contributed by atoms with Crippen molar-refractivity contribution in [1.82, 2.24) is 14.8 Å². The van der Waals surface area contributed by atoms with Gasteiger partial charge in [0.2, 0.25) is 0 Å². The molecule has 0 unspecified atom stereocenters. The van der Waals surface area contributed by atoms with Crippen LogP contribution < -0.4 is 14.4 Å². The monoisotopic (exact) mass is 414 g/mol. The molecule has 31 heavy (non-hydrogen) atoms. The Hall–Kier alpha value is -4.20. The van der Waals surface area contributed by atoms with Gasteiger partial charge < -0.3 is 9.47 Å². The summed E-state index contributed by atoms with van der Waals surface area (Å²) in [5.74, 6) is 0.00852. The van der Waals surface area contributed by atoms with E-state index in [4.69, 9.17) is 9.47 Å². The Balaban J connectivity index is 1.74. The van der Waals surface area contributed by atoms with Crippen molar-refractivity contribution in [3.05, 3.63) is 65.9 Å². The number of amides is 2. The fourth-order valence-electron chi connectivity index (χ4n) is 3.91. The lowest BCUT2D eigenvalue weighted by Gasteiger charge is -2.18. The molecule has 3 heterocycles. The number of aryl methyl sites for hydroxylation is 1. The lowest BCUT2D eigenvalue weighted by atomic mass is 10.0. The lowest BCUT2D eigenvalue weighted by molar-refractivity contribution is 0.0925. The average Bonchev–Trinajstić information content (AvgIpc) is 3.27. The number of rotatable bonds is 4. The number of hydrogen-bond acceptors (Lipinski definition) is 6. The van der Waals surface area contributed by atoms with E-state index in [1.165, 1.54) is 20.4 Å². The van der Waals surface area contributed by atoms with Gasteiger partial charge in [-0.05, 0) is 12.1 Å². The smallest absolute Gasteiger partial charge is 0.267 e. The van der Waals surface area contributed by atoms with Gasteiger partial charge in [0.05, 0.1) is 36.4 Å². The van der Waals surface area contributed by atoms with Gasteiger partial charge in [-0.3, -0.25) is 9.59 Å². The van der Waals surface area contributed by atoms with Crippen LogP contribution >= 0.6 is 0 Å². The molecule has 0 saturated carbocycles. The van der Waals surface area contributed by atoms with Gasteiger partial charge in [0.25, 0.3) is 11.8 Å². The number of anilines is 1. The number of benzene rings is 2. The number of methoxy groups -OCH3 is 2. The maximum absolute atomic E-state index is 13.6. The van der Waals surface area contributed by atoms with Crippen LogP contribution in [-0.2, 0) is 7.05 Å². The first-order chi connectivity index (χ1) is 15.0. The zero-order chi connectivity index (χ0) is 21.7. The number of nitrogens with zero attached hydrogens (tertiary/aromatic N) is 4. The minimum absolute atomic E-state index is 0.237. The number of fused-ring (bicyclic) bond motifs is 3. The second kappa shape index (κ2) is 6.94. The van der Waals surface area contributed by atoms with E-state index in [9.17, 15) is 9.59 Å². The Morgan fingerprint density at radius 2 is 1.71 bits per heavy atom. The Morgan fingerprint density at radius 3 is 2.42 bits per heavy atom. The molecule has 2 aromatic carbocycles. The van der Waals surface area contributed by atoms with Crippen LogP contribution in [0.3, 0.4) is 0 Å². The molecule has 154 valence electrons. The van der Waals surface area contributed by atoms with Gasteiger partial charge in [-0.1, -0.05) is 30.3 Å². The number of carbonyl (C=O) groups excluding carboxylic acids is 2. The highest BCUT2D eigenvalue weighted by atomic mass is 16.5. The molecule has 0 radical (unpaired) electrons. The van der Waals surface area contributed by atoms with Gasteiger partial charge in [0.15, 0.2) is 5.65 Å². The van der Waals surface area contributed by atoms with Crippen LogP contribution in [0.25, 0.3) is 22.3 Å². The minimum Gasteiger partial charge on any atom is -0.497 e. The maximum atomic E-state index is 13.6. The summed E-state index contributed by atoms with van der Waals surface area (Å²) in [7, 11) is 4.77. The van der Waals surface area contributed by atoms with Crippen LogP contribution in [0.5, 0.6) is 11.5 Å². The van der Waals surface area contributed by atoms with Crippen LogP contribution in [0.4, 0.5) is 5.69 Å². The fourth-order valence-corrected chi connectivity index (χ4v) is 3.91. The Morgan fingerprint density at radius 1 is 0.935 bits per heavy atom. The molecule has 0 atom stereocenters. The number of ether oxygens (including phenoxy) is 2. The van der Waals surface area contributed by atoms with Crippen molar-refractivity contribution in [3.63, 3.8) is 0 Å². The highest BCUT2D eigenvalue weighted by Crippen LogP contribution is 2.40. The molecule has 2 aromatic heterocycles. The van der Waals surface area contributed by atoms with Crippen molar-refractivity contribution in [1.29, 1.82) is 0 Å². The van der Waals surface area contributed by atoms with Crippen molar-refractivity contribution in [2.24, 2.45) is 7.05 Å². The molecule has 0 spiro atoms. The molecule has 1 aliphatic rings. The van der Waals surface area contributed by atoms with Gasteiger partial charge in [0.1, 0.15) is 17.2 Å². The fraction of sp³-hybridized carbons (Fsp3) is 0.130. The topological polar surface area (TPSA) is 86.5 Å². The summed E-state index contributed by atoms with van der Waals surface area (Å²) < 4.78 is 12.3. The van der Waals surface area contributed by atoms with Gasteiger partial charge in [-0.2, -0.15) is 5.10 Å². The van der Waals surface area contributed by atoms with Crippen molar-refractivity contribution in [2.45, 2.75) is 0 Å². The van der Waals surface area contributed by atoms with E-state index in [1.807, 2.05) is 30.3 Å². The largest absolute Gasteiger partial charge is 0.497 e. The van der Waals surface area contributed by atoms with E-state index >= 15 is 0 Å². The molecule has 0 bridgehead atoms. The third kappa shape index (κ3) is 2.68. The van der Waals surface area contributed by atoms with Crippen molar-refractivity contribution >= 4 is 28.5 Å². The molecule has 0 saturated heterocycles. The average molecular weight is 414 g/mol. The SMILES string of the molecule is COc1ccc(N2C(=O)c3cnc4c(c(-c5ccccc5)nn4C)c3C2=O)c(OC)c1. The van der Waals surface area contributed by atoms with Crippen LogP contribution in [0, 0.1) is 0 Å². The number of hydrogen-bond donors (Lipinski definition) is 0. The second-order valence-electron chi connectivity index (χ2n) is 7.07. The minimum atomic E-state index is -0.458. The maximum Gasteiger partial charge on any atom is 0.267 e. The van der Waals surface area contributed by atoms with E-state index < -0.39 is 11.8 Å². The van der Waals surface area contributed by atoms with E-state index in [1.54, 1.807) is 29.9 Å². The summed E-state index contributed by atoms with van der Waals surface area (Å²) in [6.45, 7) is 0. The third-order valence-corrected chi connectivity index (χ3v) is 5.38. The number of aromatic nitrogens is 3. The van der Waals surface area contributed by atoms with Crippen molar-refractivity contribution in [2.75, 3.05) is 19.1 Å². The molecule has 2 amide bonds. The van der Waals surface area contributed by atoms with Gasteiger partial charge >= 0.3 is 0 Å². The highest BCUT2D eigenvalue weighted by molar-refractivity contribution is 6.38. The van der Waals surface area contributed by atoms with E-state index in [0.29, 0.717) is 39.5 Å². The molecule has 8 heteroatoms. The first kappa shape index (κ1) is 18.8. The van der Waals surface area contributed by atoms with E-state index in [0.717, 1.165) is 10.5 Å². The summed E-state index contributed by atoms with van der Waals surface area (Å²) in [5, 5.41) is 5.14. The van der Waals surface area contributed by atoms with Crippen molar-refractivity contribution < 1.29 is 19.1 Å². The van der Waals surface area contributed by atoms with E-state index in [2.05, 4.69) is 10.1 Å². The predicted molar refractivity (Wildman–Crippen MR) is 115 cm³/mol. The summed E-state index contributed by atoms with van der Waals surface area (Å²) in [6, 6.07) is 14.5. The van der Waals surface area contributed by atoms with Crippen LogP contribution in [0.1, 0.15) is 20.7 Å². The van der Waals surface area contributed by atoms with Crippen LogP contribution in [0.15, 0.2) is 54.7 Å². The molecule has 0 fully saturated rings. The first-order valence-corrected chi connectivity index (χ1v) is 9.57. The van der Waals surface area contributed by atoms with Crippen molar-refractivity contribution in [3.8, 4) is 22.8 Å². The molecule has 0 aliphatic carbocycles. The number of imide groups is 1. The summed E-state index contributed by atoms with van der Waals surface area (Å²) in [6.07, 6.45) is 1.43. The zero-order valence-corrected chi connectivity index (χ0v) is 17.1. The Kier molecular flexibility index (Phi) is 4.21. The highest BCUT2D eigenvalue weighted by Gasteiger charge is 2.41. The molecule has 5 rings (SSSR count). The summed E-state index contributed by atoms with van der Waals surface area (Å²) in [4.78, 5) is 32.4. The standard InChI is InChI=1S/C23H18N4O4/c1-26-21-19(20(25-26)13-7-5-4-6-8-13)18-15(12-24-21)22(28)27(23(18)29)16-10-9-14(30-2)11-17(16)31-3/h4-12H,1-3H3. The first-order valence-electron chi connectivity index (χ1n) is 9.57. The number of pyridine rings is 1. The normalized spacial score (nSPS) is 13.1. The van der Waals surface area contributed by atoms with Gasteiger partial charge in [-0.15, -0.1) is 0 Å². The third-order valence-electron chi connectivity index (χ3n) is 5.38. The summed E-state index contributed by atoms with van der Waals surface area (Å²) in [5.41, 5.74) is 2.84. The summed E-state index contributed by atoms with van der Waals surface area (Å²) >= 11 is 0.